The first-order chi connectivity index (χ1) is 20.8. The molecule has 7 unspecified atom stereocenters. The van der Waals surface area contributed by atoms with Gasteiger partial charge in [0.1, 0.15) is 24.2 Å². The number of fused-ring (bicyclic) bond motifs is 1. The number of nitrogens with one attached hydrogen (secondary N) is 2. The molecule has 22 nitrogen and oxygen atoms in total. The Morgan fingerprint density at radius 1 is 1.22 bits per heavy atom. The minimum absolute atomic E-state index is 0.00381. The molecule has 1 aliphatic heterocycles. The smallest absolute Gasteiger partial charge is 0.385 e. The van der Waals surface area contributed by atoms with Crippen molar-refractivity contribution in [2.45, 2.75) is 51.2 Å². The Bertz CT molecular complexity index is 1470. The number of phosphoric acid groups is 3. The minimum atomic E-state index is -5.37. The number of rotatable bonds is 17. The molecule has 3 rings (SSSR count). The number of carbonyl (C=O) groups excluding carboxylic acids is 1. The number of imidazole rings is 1. The number of aromatic nitrogens is 4. The molecule has 25 heteroatoms. The lowest BCUT2D eigenvalue weighted by atomic mass is 9.92. The maximum atomic E-state index is 13.3. The van der Waals surface area contributed by atoms with E-state index in [1.807, 2.05) is 0 Å². The topological polar surface area (TPSA) is 318 Å². The molecule has 0 saturated carbocycles. The molecule has 45 heavy (non-hydrogen) atoms. The molecule has 1 aliphatic rings. The van der Waals surface area contributed by atoms with Crippen molar-refractivity contribution < 1.29 is 70.5 Å². The predicted octanol–water partition coefficient (Wildman–Crippen LogP) is -0.719. The number of nitrogens with zero attached hydrogens (tertiary/aromatic N) is 4. The van der Waals surface area contributed by atoms with E-state index < -0.39 is 66.4 Å². The molecule has 2 aromatic heterocycles. The number of hydrogen-bond acceptors (Lipinski definition) is 17. The number of nitrogen functional groups attached to an aromatic ring is 1. The van der Waals surface area contributed by atoms with Crippen LogP contribution in [-0.4, -0.2) is 102 Å². The molecule has 9 N–H and O–H groups in total. The molecule has 2 aromatic rings. The molecule has 1 radical (unpaired) electrons. The highest BCUT2D eigenvalue weighted by Gasteiger charge is 2.53. The summed E-state index contributed by atoms with van der Waals surface area (Å²) in [7, 11) is -15.2. The number of ether oxygens (including phenoxy) is 1. The fourth-order valence-electron chi connectivity index (χ4n) is 3.79. The second-order valence-corrected chi connectivity index (χ2v) is 14.5. The van der Waals surface area contributed by atoms with Crippen LogP contribution in [0.25, 0.3) is 11.2 Å². The Balaban J connectivity index is 1.73. The van der Waals surface area contributed by atoms with E-state index in [-0.39, 0.29) is 42.4 Å². The van der Waals surface area contributed by atoms with Crippen molar-refractivity contribution in [1.82, 2.24) is 30.2 Å². The number of amides is 1. The average molecular weight is 706 g/mol. The van der Waals surface area contributed by atoms with Crippen LogP contribution in [0.4, 0.5) is 5.82 Å². The van der Waals surface area contributed by atoms with Crippen molar-refractivity contribution in [2.24, 2.45) is 5.41 Å². The van der Waals surface area contributed by atoms with Crippen LogP contribution in [0.2, 0.25) is 0 Å². The third-order valence-electron chi connectivity index (χ3n) is 6.10. The Hall–Kier alpha value is -1.97. The third-order valence-corrected chi connectivity index (χ3v) is 9.61. The van der Waals surface area contributed by atoms with Gasteiger partial charge in [-0.05, 0) is 6.92 Å². The zero-order chi connectivity index (χ0) is 33.8. The maximum absolute atomic E-state index is 13.3. The number of aliphatic hydroxyl groups excluding tert-OH is 2. The first kappa shape index (κ1) is 37.5. The van der Waals surface area contributed by atoms with Gasteiger partial charge in [0.25, 0.3) is 0 Å². The van der Waals surface area contributed by atoms with Crippen LogP contribution in [0.3, 0.4) is 0 Å². The summed E-state index contributed by atoms with van der Waals surface area (Å²) in [5, 5.41) is 26.4. The van der Waals surface area contributed by atoms with Crippen LogP contribution in [0.1, 0.15) is 26.5 Å². The summed E-state index contributed by atoms with van der Waals surface area (Å²) < 4.78 is 68.2. The Labute approximate surface area is 256 Å². The zero-order valence-corrected chi connectivity index (χ0v) is 26.8. The first-order valence-corrected chi connectivity index (χ1v) is 17.3. The van der Waals surface area contributed by atoms with Gasteiger partial charge in [-0.3, -0.25) is 32.8 Å². The molecule has 1 fully saturated rings. The number of anilines is 1. The van der Waals surface area contributed by atoms with Crippen LogP contribution in [0.5, 0.6) is 0 Å². The lowest BCUT2D eigenvalue weighted by Crippen LogP contribution is -2.45. The summed E-state index contributed by atoms with van der Waals surface area (Å²) in [6, 6.07) is 0. The number of carbonyl (C=O) groups is 1. The van der Waals surface area contributed by atoms with Crippen LogP contribution >= 0.6 is 23.5 Å². The van der Waals surface area contributed by atoms with Crippen molar-refractivity contribution >= 4 is 46.4 Å². The standard InChI is InChI=1S/C20H35N7O15P3/c1-5-22-11(28)6-7-23-19(30)20(2,3)8-38-44(34,35)42-45(36,37-4)41-18-14(40-43(31,32)33)13(29)17(39-18)27-10-26-12-15(21)24-9-25-16(12)27/h9-10,13-14,17-19,23,29-30H,1,5-8H2,2-4H3,(H,22,28)(H,34,35)(H2,21,24,25)(H2,31,32,33). The molecule has 3 heterocycles. The van der Waals surface area contributed by atoms with Gasteiger partial charge in [0.2, 0.25) is 12.2 Å². The molecule has 0 spiro atoms. The zero-order valence-electron chi connectivity index (χ0n) is 24.1. The molecule has 1 amide bonds. The molecular formula is C20H35N7O15P3. The van der Waals surface area contributed by atoms with Crippen LogP contribution < -0.4 is 16.4 Å². The molecule has 7 atom stereocenters. The lowest BCUT2D eigenvalue weighted by Gasteiger charge is -2.31. The van der Waals surface area contributed by atoms with Crippen LogP contribution in [-0.2, 0) is 45.6 Å². The van der Waals surface area contributed by atoms with E-state index in [0.29, 0.717) is 0 Å². The highest BCUT2D eigenvalue weighted by molar-refractivity contribution is 7.61. The van der Waals surface area contributed by atoms with E-state index in [1.54, 1.807) is 0 Å². The van der Waals surface area contributed by atoms with Crippen molar-refractivity contribution in [3.05, 3.63) is 19.6 Å². The minimum Gasteiger partial charge on any atom is -0.385 e. The van der Waals surface area contributed by atoms with Crippen LogP contribution in [0.15, 0.2) is 12.7 Å². The summed E-state index contributed by atoms with van der Waals surface area (Å²) in [5.41, 5.74) is 4.58. The van der Waals surface area contributed by atoms with Gasteiger partial charge in [0, 0.05) is 32.0 Å². The summed E-state index contributed by atoms with van der Waals surface area (Å²) in [5.74, 6) is -0.362. The predicted molar refractivity (Wildman–Crippen MR) is 150 cm³/mol. The second kappa shape index (κ2) is 14.8. The molecule has 0 bridgehead atoms. The van der Waals surface area contributed by atoms with Crippen molar-refractivity contribution in [2.75, 3.05) is 32.5 Å². The lowest BCUT2D eigenvalue weighted by molar-refractivity contribution is -0.133. The fourth-order valence-corrected chi connectivity index (χ4v) is 6.95. The van der Waals surface area contributed by atoms with E-state index >= 15 is 0 Å². The van der Waals surface area contributed by atoms with Gasteiger partial charge in [-0.25, -0.2) is 28.6 Å². The van der Waals surface area contributed by atoms with Crippen LogP contribution in [0, 0.1) is 12.3 Å². The normalized spacial score (nSPS) is 24.3. The molecular weight excluding hydrogens is 671 g/mol. The number of aliphatic hydroxyl groups is 2. The van der Waals surface area contributed by atoms with E-state index in [1.165, 1.54) is 13.8 Å². The van der Waals surface area contributed by atoms with E-state index in [0.717, 1.165) is 24.3 Å². The molecule has 0 aliphatic carbocycles. The highest BCUT2D eigenvalue weighted by atomic mass is 31.3. The van der Waals surface area contributed by atoms with Gasteiger partial charge >= 0.3 is 23.5 Å². The van der Waals surface area contributed by atoms with Gasteiger partial charge in [0.05, 0.1) is 12.9 Å². The van der Waals surface area contributed by atoms with Crippen molar-refractivity contribution in [3.63, 3.8) is 0 Å². The number of nitrogens with two attached hydrogens (primary N) is 1. The highest BCUT2D eigenvalue weighted by Crippen LogP contribution is 2.65. The Morgan fingerprint density at radius 3 is 2.53 bits per heavy atom. The fraction of sp³-hybridized carbons (Fsp3) is 0.650. The number of hydrogen-bond donors (Lipinski definition) is 8. The van der Waals surface area contributed by atoms with Gasteiger partial charge in [-0.2, -0.15) is 4.31 Å². The monoisotopic (exact) mass is 706 g/mol. The average Bonchev–Trinajstić information content (AvgIpc) is 3.48. The maximum Gasteiger partial charge on any atom is 0.485 e. The van der Waals surface area contributed by atoms with Gasteiger partial charge in [-0.15, -0.1) is 0 Å². The van der Waals surface area contributed by atoms with Gasteiger partial charge in [-0.1, -0.05) is 13.8 Å². The van der Waals surface area contributed by atoms with Crippen molar-refractivity contribution in [1.29, 1.82) is 0 Å². The Morgan fingerprint density at radius 2 is 1.91 bits per heavy atom. The van der Waals surface area contributed by atoms with E-state index in [9.17, 15) is 43.4 Å². The van der Waals surface area contributed by atoms with Gasteiger partial charge < -0.3 is 40.7 Å². The molecule has 0 aromatic carbocycles. The van der Waals surface area contributed by atoms with E-state index in [2.05, 4.69) is 45.9 Å². The Kier molecular flexibility index (Phi) is 12.4. The summed E-state index contributed by atoms with van der Waals surface area (Å²) in [6.07, 6.45) is -6.99. The SMILES string of the molecule is [CH2]CNC(=O)CCNC(O)C(C)(C)COP(=O)(O)OP(=O)(OC)OC1OC(n2cnc3c(N)ncnc32)C(O)C1OP(=O)(O)O. The second-order valence-electron chi connectivity index (χ2n) is 10.0. The quantitative estimate of drug-likeness (QED) is 0.0743. The van der Waals surface area contributed by atoms with E-state index in [4.69, 9.17) is 19.5 Å². The molecule has 1 saturated heterocycles. The summed E-state index contributed by atoms with van der Waals surface area (Å²) >= 11 is 0. The molecule has 255 valence electrons. The third kappa shape index (κ3) is 10.0. The van der Waals surface area contributed by atoms with Gasteiger partial charge in [0.15, 0.2) is 23.8 Å². The first-order valence-electron chi connectivity index (χ1n) is 12.8. The largest absolute Gasteiger partial charge is 0.485 e. The van der Waals surface area contributed by atoms with Crippen molar-refractivity contribution in [3.8, 4) is 0 Å². The summed E-state index contributed by atoms with van der Waals surface area (Å²) in [6.45, 7) is 5.89. The summed E-state index contributed by atoms with van der Waals surface area (Å²) in [4.78, 5) is 52.4. The number of phosphoric ester groups is 3.